The molecule has 0 radical (unpaired) electrons. The van der Waals surface area contributed by atoms with Gasteiger partial charge in [0.15, 0.2) is 0 Å². The molecule has 0 aliphatic carbocycles. The van der Waals surface area contributed by atoms with Crippen molar-refractivity contribution < 1.29 is 23.7 Å². The van der Waals surface area contributed by atoms with Gasteiger partial charge in [0.05, 0.1) is 36.7 Å². The number of nitrogens with zero attached hydrogens (tertiary/aromatic N) is 6. The van der Waals surface area contributed by atoms with E-state index in [0.29, 0.717) is 13.2 Å². The minimum absolute atomic E-state index is 0.0653. The highest BCUT2D eigenvalue weighted by atomic mass is 16.5. The van der Waals surface area contributed by atoms with E-state index in [0.717, 1.165) is 140 Å². The van der Waals surface area contributed by atoms with Crippen LogP contribution in [0.3, 0.4) is 0 Å². The Bertz CT molecular complexity index is 1680. The Morgan fingerprint density at radius 2 is 1.16 bits per heavy atom. The lowest BCUT2D eigenvalue weighted by molar-refractivity contribution is -0.143. The lowest BCUT2D eigenvalue weighted by Crippen LogP contribution is -2.56. The van der Waals surface area contributed by atoms with Crippen LogP contribution in [0.1, 0.15) is 88.7 Å². The van der Waals surface area contributed by atoms with Gasteiger partial charge < -0.3 is 39.0 Å². The molecule has 5 aliphatic heterocycles. The van der Waals surface area contributed by atoms with E-state index in [-0.39, 0.29) is 11.3 Å². The summed E-state index contributed by atoms with van der Waals surface area (Å²) in [7, 11) is 0. The summed E-state index contributed by atoms with van der Waals surface area (Å²) in [6.07, 6.45) is 15.7. The van der Waals surface area contributed by atoms with Gasteiger partial charge in [-0.2, -0.15) is 10.2 Å². The molecular weight excluding hydrogens is 767 g/mol. The number of amides is 1. The highest BCUT2D eigenvalue weighted by Crippen LogP contribution is 2.38. The van der Waals surface area contributed by atoms with E-state index in [1.54, 1.807) is 12.4 Å². The van der Waals surface area contributed by atoms with Gasteiger partial charge >= 0.3 is 0 Å². The molecule has 61 heavy (non-hydrogen) atoms. The van der Waals surface area contributed by atoms with E-state index in [9.17, 15) is 4.79 Å². The highest BCUT2D eigenvalue weighted by Gasteiger charge is 2.44. The molecule has 0 spiro atoms. The zero-order valence-corrected chi connectivity index (χ0v) is 37.1. The average Bonchev–Trinajstić information content (AvgIpc) is 4.06. The van der Waals surface area contributed by atoms with Crippen molar-refractivity contribution in [3.8, 4) is 11.5 Å². The van der Waals surface area contributed by atoms with Crippen LogP contribution in [0.25, 0.3) is 0 Å². The number of carbonyl (C=O) groups is 1. The van der Waals surface area contributed by atoms with Crippen molar-refractivity contribution in [3.05, 3.63) is 78.1 Å². The highest BCUT2D eigenvalue weighted by molar-refractivity contribution is 5.88. The zero-order chi connectivity index (χ0) is 42.0. The number of rotatable bonds is 18. The molecule has 5 saturated heterocycles. The van der Waals surface area contributed by atoms with Crippen molar-refractivity contribution in [2.24, 2.45) is 0 Å². The molecule has 5 aliphatic rings. The van der Waals surface area contributed by atoms with E-state index in [1.165, 1.54) is 63.8 Å². The Hall–Kier alpha value is -3.81. The predicted molar refractivity (Wildman–Crippen MR) is 242 cm³/mol. The largest absolute Gasteiger partial charge is 0.494 e. The van der Waals surface area contributed by atoms with E-state index < -0.39 is 5.41 Å². The molecule has 12 heteroatoms. The molecule has 1 aromatic heterocycles. The van der Waals surface area contributed by atoms with Crippen LogP contribution in [-0.2, 0) is 25.1 Å². The second-order valence-electron chi connectivity index (χ2n) is 17.8. The third-order valence-corrected chi connectivity index (χ3v) is 13.7. The lowest BCUT2D eigenvalue weighted by atomic mass is 9.73. The fourth-order valence-corrected chi connectivity index (χ4v) is 9.88. The van der Waals surface area contributed by atoms with Crippen molar-refractivity contribution in [1.29, 1.82) is 0 Å². The summed E-state index contributed by atoms with van der Waals surface area (Å²) in [5.74, 6) is 2.15. The first kappa shape index (κ1) is 45.2. The van der Waals surface area contributed by atoms with Crippen molar-refractivity contribution in [2.75, 3.05) is 123 Å². The van der Waals surface area contributed by atoms with E-state index in [4.69, 9.17) is 18.9 Å². The molecule has 5 fully saturated rings. The van der Waals surface area contributed by atoms with Gasteiger partial charge in [0.25, 0.3) is 0 Å². The van der Waals surface area contributed by atoms with Gasteiger partial charge in [0, 0.05) is 77.7 Å². The third kappa shape index (κ3) is 12.9. The molecule has 0 unspecified atom stereocenters. The second kappa shape index (κ2) is 23.6. The number of carbonyl (C=O) groups excluding carboxylic acids is 1. The van der Waals surface area contributed by atoms with Crippen LogP contribution >= 0.6 is 0 Å². The van der Waals surface area contributed by atoms with Crippen LogP contribution in [0, 0.1) is 0 Å². The van der Waals surface area contributed by atoms with E-state index in [2.05, 4.69) is 90.6 Å². The maximum atomic E-state index is 13.8. The average molecular weight is 840 g/mol. The van der Waals surface area contributed by atoms with E-state index >= 15 is 0 Å². The zero-order valence-electron chi connectivity index (χ0n) is 37.1. The van der Waals surface area contributed by atoms with Crippen LogP contribution in [0.2, 0.25) is 0 Å². The summed E-state index contributed by atoms with van der Waals surface area (Å²) in [6, 6.07) is 19.0. The monoisotopic (exact) mass is 840 g/mol. The molecule has 2 aromatic carbocycles. The molecule has 0 bridgehead atoms. The normalized spacial score (nSPS) is 20.8. The number of likely N-dealkylation sites (tertiary alicyclic amines) is 2. The summed E-state index contributed by atoms with van der Waals surface area (Å²) in [5.41, 5.74) is 3.07. The number of hydrogen-bond donors (Lipinski definition) is 1. The summed E-state index contributed by atoms with van der Waals surface area (Å²) in [5, 5.41) is 11.4. The molecule has 12 nitrogen and oxygen atoms in total. The van der Waals surface area contributed by atoms with Gasteiger partial charge in [0.1, 0.15) is 11.5 Å². The first-order valence-electron chi connectivity index (χ1n) is 23.6. The Morgan fingerprint density at radius 1 is 0.639 bits per heavy atom. The fourth-order valence-electron chi connectivity index (χ4n) is 9.88. The standard InChI is InChI=1S/C26H41N3O3.C23H32N4O2/c1-2-12-27-16-18-29(19-17-27)25(30)26(10-21-31-22-11-26)23-6-8-24(9-7-23)32-20-5-15-28-13-3-4-14-28;1-2-13-27(12-1)14-3-15-29-22-6-4-20(5-7-22)23(9-16-28-17-10-23)19-24-21-8-11-25-26-18-21/h6-9H,2-5,10-22H2,1H3;4-8,11,18H,1-3,9-10,12-17,19H2,(H,24,25). The van der Waals surface area contributed by atoms with Crippen molar-refractivity contribution >= 4 is 11.6 Å². The van der Waals surface area contributed by atoms with Gasteiger partial charge in [-0.15, -0.1) is 0 Å². The number of nitrogens with one attached hydrogen (secondary N) is 1. The quantitative estimate of drug-likeness (QED) is 0.139. The molecule has 334 valence electrons. The molecule has 1 N–H and O–H groups in total. The number of piperazine rings is 1. The number of anilines is 1. The second-order valence-corrected chi connectivity index (χ2v) is 17.8. The predicted octanol–water partition coefficient (Wildman–Crippen LogP) is 6.66. The fraction of sp³-hybridized carbons (Fsp3) is 0.653. The smallest absolute Gasteiger partial charge is 0.233 e. The number of hydrogen-bond acceptors (Lipinski definition) is 11. The third-order valence-electron chi connectivity index (χ3n) is 13.7. The van der Waals surface area contributed by atoms with Crippen molar-refractivity contribution in [1.82, 2.24) is 29.8 Å². The van der Waals surface area contributed by atoms with Gasteiger partial charge in [-0.1, -0.05) is 31.2 Å². The van der Waals surface area contributed by atoms with Crippen LogP contribution < -0.4 is 14.8 Å². The summed E-state index contributed by atoms with van der Waals surface area (Å²) < 4.78 is 23.3. The lowest BCUT2D eigenvalue weighted by Gasteiger charge is -2.43. The van der Waals surface area contributed by atoms with Gasteiger partial charge in [-0.25, -0.2) is 0 Å². The van der Waals surface area contributed by atoms with Gasteiger partial charge in [-0.05, 0) is 145 Å². The van der Waals surface area contributed by atoms with E-state index in [1.807, 2.05) is 6.07 Å². The maximum Gasteiger partial charge on any atom is 0.233 e. The Morgan fingerprint density at radius 3 is 1.69 bits per heavy atom. The first-order valence-corrected chi connectivity index (χ1v) is 23.6. The minimum atomic E-state index is -0.459. The summed E-state index contributed by atoms with van der Waals surface area (Å²) in [4.78, 5) is 23.4. The Balaban J connectivity index is 0.000000185. The number of aromatic nitrogens is 2. The van der Waals surface area contributed by atoms with Crippen molar-refractivity contribution in [2.45, 2.75) is 88.4 Å². The SMILES string of the molecule is CCCN1CCN(C(=O)C2(c3ccc(OCCCN4CCCC4)cc3)CCOCC2)CC1.c1cc(NCC2(c3ccc(OCCCN4CCCC4)cc3)CCOCC2)cnn1. The Labute approximate surface area is 365 Å². The van der Waals surface area contributed by atoms with Gasteiger partial charge in [0.2, 0.25) is 5.91 Å². The maximum absolute atomic E-state index is 13.8. The summed E-state index contributed by atoms with van der Waals surface area (Å²) >= 11 is 0. The van der Waals surface area contributed by atoms with Crippen molar-refractivity contribution in [3.63, 3.8) is 0 Å². The molecule has 1 amide bonds. The minimum Gasteiger partial charge on any atom is -0.494 e. The van der Waals surface area contributed by atoms with Gasteiger partial charge in [-0.3, -0.25) is 9.69 Å². The number of ether oxygens (including phenoxy) is 4. The van der Waals surface area contributed by atoms with Crippen LogP contribution in [-0.4, -0.2) is 154 Å². The number of benzene rings is 2. The van der Waals surface area contributed by atoms with Crippen LogP contribution in [0.4, 0.5) is 5.69 Å². The molecule has 0 atom stereocenters. The summed E-state index contributed by atoms with van der Waals surface area (Å²) in [6.45, 7) is 19.5. The molecule has 8 rings (SSSR count). The van der Waals surface area contributed by atoms with Crippen LogP contribution in [0.5, 0.6) is 11.5 Å². The first-order chi connectivity index (χ1) is 30.0. The molecular formula is C49H73N7O5. The van der Waals surface area contributed by atoms with Crippen LogP contribution in [0.15, 0.2) is 67.0 Å². The molecule has 0 saturated carbocycles. The molecule has 6 heterocycles. The Kier molecular flexibility index (Phi) is 17.5. The molecule has 3 aromatic rings. The topological polar surface area (TPSA) is 105 Å².